The van der Waals surface area contributed by atoms with Crippen LogP contribution in [0.25, 0.3) is 22.2 Å². The first-order valence-corrected chi connectivity index (χ1v) is 9.45. The summed E-state index contributed by atoms with van der Waals surface area (Å²) in [4.78, 5) is 28.2. The van der Waals surface area contributed by atoms with Crippen molar-refractivity contribution in [2.24, 2.45) is 0 Å². The summed E-state index contributed by atoms with van der Waals surface area (Å²) in [6, 6.07) is 21.2. The molecule has 0 atom stereocenters. The number of benzene rings is 3. The summed E-state index contributed by atoms with van der Waals surface area (Å²) in [5, 5.41) is 14.4. The number of anilines is 1. The van der Waals surface area contributed by atoms with Crippen molar-refractivity contribution in [2.45, 2.75) is 13.8 Å². The minimum Gasteiger partial charge on any atom is -0.322 e. The van der Waals surface area contributed by atoms with Gasteiger partial charge in [-0.15, -0.1) is 0 Å². The largest absolute Gasteiger partial charge is 0.322 e. The van der Waals surface area contributed by atoms with Crippen LogP contribution in [0.15, 0.2) is 72.8 Å². The molecule has 1 aromatic heterocycles. The summed E-state index contributed by atoms with van der Waals surface area (Å²) in [6.07, 6.45) is 0. The molecule has 30 heavy (non-hydrogen) atoms. The Balaban J connectivity index is 1.77. The molecule has 0 aliphatic rings. The Morgan fingerprint density at radius 1 is 0.967 bits per heavy atom. The minimum atomic E-state index is -0.474. The van der Waals surface area contributed by atoms with Crippen molar-refractivity contribution in [1.29, 1.82) is 0 Å². The van der Waals surface area contributed by atoms with Crippen molar-refractivity contribution in [1.82, 2.24) is 4.98 Å². The number of nitro benzene ring substituents is 1. The Hall–Kier alpha value is -4.06. The smallest absolute Gasteiger partial charge is 0.269 e. The average Bonchev–Trinajstić information content (AvgIpc) is 2.73. The summed E-state index contributed by atoms with van der Waals surface area (Å²) in [5.74, 6) is -0.298. The van der Waals surface area contributed by atoms with Crippen LogP contribution in [0.4, 0.5) is 11.4 Å². The Bertz CT molecular complexity index is 1280. The van der Waals surface area contributed by atoms with Crippen LogP contribution >= 0.6 is 0 Å². The Kier molecular flexibility index (Phi) is 4.98. The lowest BCUT2D eigenvalue weighted by molar-refractivity contribution is -0.384. The predicted molar refractivity (Wildman–Crippen MR) is 118 cm³/mol. The normalized spacial score (nSPS) is 10.7. The van der Waals surface area contributed by atoms with E-state index in [1.165, 1.54) is 24.3 Å². The van der Waals surface area contributed by atoms with E-state index in [1.807, 2.05) is 50.2 Å². The fourth-order valence-corrected chi connectivity index (χ4v) is 3.47. The molecule has 6 heteroatoms. The number of nitrogens with zero attached hydrogens (tertiary/aromatic N) is 2. The van der Waals surface area contributed by atoms with E-state index in [-0.39, 0.29) is 11.6 Å². The summed E-state index contributed by atoms with van der Waals surface area (Å²) in [7, 11) is 0. The van der Waals surface area contributed by atoms with Crippen molar-refractivity contribution < 1.29 is 9.72 Å². The Morgan fingerprint density at radius 3 is 2.40 bits per heavy atom. The van der Waals surface area contributed by atoms with Crippen LogP contribution in [0, 0.1) is 24.0 Å². The van der Waals surface area contributed by atoms with Gasteiger partial charge in [-0.2, -0.15) is 0 Å². The summed E-state index contributed by atoms with van der Waals surface area (Å²) < 4.78 is 0. The number of nitro groups is 1. The fraction of sp³-hybridized carbons (Fsp3) is 0.0833. The van der Waals surface area contributed by atoms with E-state index in [9.17, 15) is 14.9 Å². The highest BCUT2D eigenvalue weighted by Gasteiger charge is 2.15. The van der Waals surface area contributed by atoms with E-state index in [2.05, 4.69) is 11.4 Å². The average molecular weight is 397 g/mol. The highest BCUT2D eigenvalue weighted by Crippen LogP contribution is 2.28. The second-order valence-electron chi connectivity index (χ2n) is 7.15. The lowest BCUT2D eigenvalue weighted by Crippen LogP contribution is -2.13. The van der Waals surface area contributed by atoms with Crippen molar-refractivity contribution in [3.8, 4) is 11.3 Å². The molecule has 0 saturated heterocycles. The molecule has 4 aromatic rings. The van der Waals surface area contributed by atoms with Gasteiger partial charge in [0, 0.05) is 28.8 Å². The zero-order valence-corrected chi connectivity index (χ0v) is 16.5. The molecule has 1 amide bonds. The second-order valence-corrected chi connectivity index (χ2v) is 7.15. The lowest BCUT2D eigenvalue weighted by atomic mass is 9.99. The van der Waals surface area contributed by atoms with Crippen molar-refractivity contribution in [3.05, 3.63) is 99.6 Å². The number of carbonyl (C=O) groups is 1. The molecule has 0 saturated carbocycles. The number of amides is 1. The standard InChI is InChI=1S/C24H19N3O3/c1-15-7-12-19(16(2)13-15)23-14-21(20-5-3-4-6-22(20)26-23)24(28)25-17-8-10-18(11-9-17)27(29)30/h3-14H,1-2H3,(H,25,28). The van der Waals surface area contributed by atoms with Gasteiger partial charge in [-0.05, 0) is 43.7 Å². The quantitative estimate of drug-likeness (QED) is 0.355. The molecular weight excluding hydrogens is 378 g/mol. The van der Waals surface area contributed by atoms with Gasteiger partial charge in [-0.1, -0.05) is 42.0 Å². The molecule has 0 spiro atoms. The molecule has 148 valence electrons. The van der Waals surface area contributed by atoms with E-state index in [0.717, 1.165) is 33.3 Å². The molecule has 3 aromatic carbocycles. The van der Waals surface area contributed by atoms with Crippen LogP contribution < -0.4 is 5.32 Å². The first kappa shape index (κ1) is 19.3. The van der Waals surface area contributed by atoms with Gasteiger partial charge in [-0.3, -0.25) is 14.9 Å². The van der Waals surface area contributed by atoms with Crippen LogP contribution in [-0.4, -0.2) is 15.8 Å². The van der Waals surface area contributed by atoms with Gasteiger partial charge >= 0.3 is 0 Å². The third kappa shape index (κ3) is 3.75. The monoisotopic (exact) mass is 397 g/mol. The van der Waals surface area contributed by atoms with Crippen LogP contribution in [0.1, 0.15) is 21.5 Å². The summed E-state index contributed by atoms with van der Waals surface area (Å²) >= 11 is 0. The highest BCUT2D eigenvalue weighted by molar-refractivity contribution is 6.13. The number of aromatic nitrogens is 1. The predicted octanol–water partition coefficient (Wildman–Crippen LogP) is 5.68. The van der Waals surface area contributed by atoms with Crippen molar-refractivity contribution in [3.63, 3.8) is 0 Å². The molecule has 1 N–H and O–H groups in total. The van der Waals surface area contributed by atoms with Gasteiger partial charge in [0.15, 0.2) is 0 Å². The summed E-state index contributed by atoms with van der Waals surface area (Å²) in [6.45, 7) is 4.06. The SMILES string of the molecule is Cc1ccc(-c2cc(C(=O)Nc3ccc([N+](=O)[O-])cc3)c3ccccc3n2)c(C)c1. The lowest BCUT2D eigenvalue weighted by Gasteiger charge is -2.12. The van der Waals surface area contributed by atoms with E-state index in [4.69, 9.17) is 4.98 Å². The number of hydrogen-bond acceptors (Lipinski definition) is 4. The Labute approximate surface area is 173 Å². The molecule has 0 aliphatic heterocycles. The number of rotatable bonds is 4. The Morgan fingerprint density at radius 2 is 1.70 bits per heavy atom. The first-order valence-electron chi connectivity index (χ1n) is 9.45. The molecule has 1 heterocycles. The van der Waals surface area contributed by atoms with E-state index in [0.29, 0.717) is 11.3 Å². The van der Waals surface area contributed by atoms with Crippen LogP contribution in [0.3, 0.4) is 0 Å². The minimum absolute atomic E-state index is 0.0282. The van der Waals surface area contributed by atoms with Gasteiger partial charge in [0.2, 0.25) is 0 Å². The van der Waals surface area contributed by atoms with Gasteiger partial charge < -0.3 is 5.32 Å². The fourth-order valence-electron chi connectivity index (χ4n) is 3.47. The maximum Gasteiger partial charge on any atom is 0.269 e. The highest BCUT2D eigenvalue weighted by atomic mass is 16.6. The molecule has 6 nitrogen and oxygen atoms in total. The molecule has 0 radical (unpaired) electrons. The number of hydrogen-bond donors (Lipinski definition) is 1. The number of fused-ring (bicyclic) bond motifs is 1. The number of nitrogens with one attached hydrogen (secondary N) is 1. The summed E-state index contributed by atoms with van der Waals surface area (Å²) in [5.41, 5.74) is 5.61. The first-order chi connectivity index (χ1) is 14.4. The third-order valence-corrected chi connectivity index (χ3v) is 4.95. The van der Waals surface area contributed by atoms with Gasteiger partial charge in [-0.25, -0.2) is 4.98 Å². The topological polar surface area (TPSA) is 85.1 Å². The van der Waals surface area contributed by atoms with Gasteiger partial charge in [0.05, 0.1) is 21.7 Å². The van der Waals surface area contributed by atoms with Crippen molar-refractivity contribution in [2.75, 3.05) is 5.32 Å². The van der Waals surface area contributed by atoms with Crippen LogP contribution in [0.5, 0.6) is 0 Å². The van der Waals surface area contributed by atoms with E-state index < -0.39 is 4.92 Å². The molecule has 4 rings (SSSR count). The van der Waals surface area contributed by atoms with Crippen LogP contribution in [-0.2, 0) is 0 Å². The molecule has 0 aliphatic carbocycles. The zero-order chi connectivity index (χ0) is 21.3. The van der Waals surface area contributed by atoms with E-state index >= 15 is 0 Å². The number of carbonyl (C=O) groups excluding carboxylic acids is 1. The number of non-ortho nitro benzene ring substituents is 1. The molecule has 0 bridgehead atoms. The number of para-hydroxylation sites is 1. The number of aryl methyl sites for hydroxylation is 2. The van der Waals surface area contributed by atoms with Crippen LogP contribution in [0.2, 0.25) is 0 Å². The molecular formula is C24H19N3O3. The van der Waals surface area contributed by atoms with Crippen molar-refractivity contribution >= 4 is 28.2 Å². The van der Waals surface area contributed by atoms with Gasteiger partial charge in [0.1, 0.15) is 0 Å². The van der Waals surface area contributed by atoms with E-state index in [1.54, 1.807) is 6.07 Å². The second kappa shape index (κ2) is 7.75. The maximum atomic E-state index is 13.1. The third-order valence-electron chi connectivity index (χ3n) is 4.95. The van der Waals surface area contributed by atoms with Gasteiger partial charge in [0.25, 0.3) is 11.6 Å². The molecule has 0 fully saturated rings. The number of pyridine rings is 1. The maximum absolute atomic E-state index is 13.1. The zero-order valence-electron chi connectivity index (χ0n) is 16.5. The molecule has 0 unspecified atom stereocenters.